The summed E-state index contributed by atoms with van der Waals surface area (Å²) >= 11 is 0. The first-order valence-corrected chi connectivity index (χ1v) is 14.6. The van der Waals surface area contributed by atoms with Gasteiger partial charge in [0.1, 0.15) is 18.0 Å². The van der Waals surface area contributed by atoms with Crippen molar-refractivity contribution in [2.45, 2.75) is 64.1 Å². The van der Waals surface area contributed by atoms with Gasteiger partial charge in [-0.05, 0) is 93.6 Å². The highest BCUT2D eigenvalue weighted by Crippen LogP contribution is 2.46. The van der Waals surface area contributed by atoms with E-state index in [1.807, 2.05) is 69.3 Å². The molecular formula is C33H37N5O4. The SMILES string of the molecule is CC(C)(C)OC(=O)N(CC(=O)Nc1ccc2c(c1)CC1(C2)C(=O)Nc2ncccc21)Cc1ccccc1CN1CCC1. The van der Waals surface area contributed by atoms with Crippen LogP contribution in [0.15, 0.2) is 60.8 Å². The van der Waals surface area contributed by atoms with E-state index in [1.165, 1.54) is 11.3 Å². The predicted octanol–water partition coefficient (Wildman–Crippen LogP) is 4.65. The summed E-state index contributed by atoms with van der Waals surface area (Å²) in [6.07, 6.45) is 3.47. The fourth-order valence-electron chi connectivity index (χ4n) is 6.08. The molecule has 2 aliphatic heterocycles. The van der Waals surface area contributed by atoms with Crippen molar-refractivity contribution >= 4 is 29.4 Å². The number of carbonyl (C=O) groups excluding carboxylic acids is 3. The van der Waals surface area contributed by atoms with Crippen molar-refractivity contribution < 1.29 is 19.1 Å². The summed E-state index contributed by atoms with van der Waals surface area (Å²) in [6.45, 7) is 8.52. The molecule has 3 amide bonds. The van der Waals surface area contributed by atoms with Gasteiger partial charge in [0.05, 0.1) is 5.41 Å². The highest BCUT2D eigenvalue weighted by Gasteiger charge is 2.51. The van der Waals surface area contributed by atoms with Crippen molar-refractivity contribution in [3.63, 3.8) is 0 Å². The molecular weight excluding hydrogens is 530 g/mol. The molecule has 2 N–H and O–H groups in total. The van der Waals surface area contributed by atoms with Crippen LogP contribution in [0.1, 0.15) is 55.0 Å². The van der Waals surface area contributed by atoms with Crippen molar-refractivity contribution in [1.29, 1.82) is 0 Å². The number of hydrogen-bond acceptors (Lipinski definition) is 6. The van der Waals surface area contributed by atoms with Gasteiger partial charge in [-0.3, -0.25) is 19.4 Å². The Kier molecular flexibility index (Phi) is 7.22. The fraction of sp³-hybridized carbons (Fsp3) is 0.394. The largest absolute Gasteiger partial charge is 0.444 e. The predicted molar refractivity (Wildman–Crippen MR) is 160 cm³/mol. The monoisotopic (exact) mass is 567 g/mol. The Morgan fingerprint density at radius 2 is 1.81 bits per heavy atom. The number of carbonyl (C=O) groups is 3. The van der Waals surface area contributed by atoms with Crippen molar-refractivity contribution in [2.24, 2.45) is 0 Å². The standard InChI is InChI=1S/C33H37N5O4/c1-32(2,3)42-31(41)38(20-24-9-5-4-8-23(24)19-37-14-7-15-37)21-28(39)35-26-12-11-22-17-33(18-25(22)16-26)27-10-6-13-34-29(27)36-30(33)40/h4-6,8-13,16H,7,14-15,17-21H2,1-3H3,(H,35,39)(H,34,36,40). The lowest BCUT2D eigenvalue weighted by Gasteiger charge is -2.32. The molecule has 3 aliphatic rings. The van der Waals surface area contributed by atoms with Gasteiger partial charge in [0.2, 0.25) is 11.8 Å². The van der Waals surface area contributed by atoms with Crippen LogP contribution in [0.4, 0.5) is 16.3 Å². The van der Waals surface area contributed by atoms with Gasteiger partial charge in [0, 0.05) is 30.5 Å². The smallest absolute Gasteiger partial charge is 0.411 e. The number of pyridine rings is 1. The Balaban J connectivity index is 1.17. The maximum absolute atomic E-state index is 13.3. The lowest BCUT2D eigenvalue weighted by molar-refractivity contribution is -0.120. The lowest BCUT2D eigenvalue weighted by atomic mass is 9.79. The Morgan fingerprint density at radius 1 is 1.05 bits per heavy atom. The van der Waals surface area contributed by atoms with Gasteiger partial charge in [-0.15, -0.1) is 0 Å². The first-order chi connectivity index (χ1) is 20.1. The van der Waals surface area contributed by atoms with E-state index in [4.69, 9.17) is 4.74 Å². The molecule has 3 heterocycles. The van der Waals surface area contributed by atoms with Crippen molar-refractivity contribution in [3.05, 3.63) is 88.6 Å². The first kappa shape index (κ1) is 27.9. The zero-order chi connectivity index (χ0) is 29.5. The first-order valence-electron chi connectivity index (χ1n) is 14.6. The molecule has 1 aliphatic carbocycles. The van der Waals surface area contributed by atoms with Gasteiger partial charge in [-0.2, -0.15) is 0 Å². The average molecular weight is 568 g/mol. The minimum Gasteiger partial charge on any atom is -0.444 e. The van der Waals surface area contributed by atoms with Gasteiger partial charge in [-0.25, -0.2) is 9.78 Å². The molecule has 1 saturated heterocycles. The summed E-state index contributed by atoms with van der Waals surface area (Å²) in [6, 6.07) is 17.6. The lowest BCUT2D eigenvalue weighted by Crippen LogP contribution is -2.41. The fourth-order valence-corrected chi connectivity index (χ4v) is 6.08. The van der Waals surface area contributed by atoms with Gasteiger partial charge in [0.15, 0.2) is 0 Å². The number of ether oxygens (including phenoxy) is 1. The molecule has 9 nitrogen and oxygen atoms in total. The van der Waals surface area contributed by atoms with Crippen LogP contribution in [0, 0.1) is 0 Å². The van der Waals surface area contributed by atoms with E-state index >= 15 is 0 Å². The van der Waals surface area contributed by atoms with Gasteiger partial charge in [-0.1, -0.05) is 36.4 Å². The van der Waals surface area contributed by atoms with Crippen LogP contribution in [0.2, 0.25) is 0 Å². The molecule has 1 spiro atoms. The summed E-state index contributed by atoms with van der Waals surface area (Å²) in [5.74, 6) is 0.264. The highest BCUT2D eigenvalue weighted by molar-refractivity contribution is 6.06. The Hall–Kier alpha value is -4.24. The van der Waals surface area contributed by atoms with E-state index in [-0.39, 0.29) is 24.9 Å². The molecule has 0 saturated carbocycles. The highest BCUT2D eigenvalue weighted by atomic mass is 16.6. The molecule has 3 aromatic rings. The van der Waals surface area contributed by atoms with Crippen LogP contribution in [-0.2, 0) is 45.7 Å². The summed E-state index contributed by atoms with van der Waals surface area (Å²) in [5.41, 5.74) is 4.41. The van der Waals surface area contributed by atoms with Crippen LogP contribution in [0.5, 0.6) is 0 Å². The maximum atomic E-state index is 13.3. The van der Waals surface area contributed by atoms with Crippen molar-refractivity contribution in [2.75, 3.05) is 30.3 Å². The average Bonchev–Trinajstić information content (AvgIpc) is 3.42. The minimum atomic E-state index is -0.695. The topological polar surface area (TPSA) is 104 Å². The Morgan fingerprint density at radius 3 is 2.55 bits per heavy atom. The second-order valence-corrected chi connectivity index (χ2v) is 12.6. The summed E-state index contributed by atoms with van der Waals surface area (Å²) in [7, 11) is 0. The number of aromatic nitrogens is 1. The molecule has 6 rings (SSSR count). The number of hydrogen-bond donors (Lipinski definition) is 2. The molecule has 1 unspecified atom stereocenters. The van der Waals surface area contributed by atoms with E-state index in [0.29, 0.717) is 24.3 Å². The quantitative estimate of drug-likeness (QED) is 0.431. The van der Waals surface area contributed by atoms with Crippen molar-refractivity contribution in [1.82, 2.24) is 14.8 Å². The maximum Gasteiger partial charge on any atom is 0.411 e. The molecule has 2 aromatic carbocycles. The molecule has 1 aromatic heterocycles. The zero-order valence-corrected chi connectivity index (χ0v) is 24.4. The molecule has 0 radical (unpaired) electrons. The summed E-state index contributed by atoms with van der Waals surface area (Å²) < 4.78 is 5.68. The third kappa shape index (κ3) is 5.61. The number of rotatable bonds is 7. The Labute approximate surface area is 246 Å². The normalized spacial score (nSPS) is 19.1. The van der Waals surface area contributed by atoms with E-state index < -0.39 is 17.1 Å². The zero-order valence-electron chi connectivity index (χ0n) is 24.4. The van der Waals surface area contributed by atoms with Crippen LogP contribution in [0.25, 0.3) is 0 Å². The van der Waals surface area contributed by atoms with Crippen LogP contribution in [-0.4, -0.2) is 57.9 Å². The minimum absolute atomic E-state index is 0.0413. The van der Waals surface area contributed by atoms with Crippen LogP contribution >= 0.6 is 0 Å². The van der Waals surface area contributed by atoms with Gasteiger partial charge < -0.3 is 15.4 Å². The second-order valence-electron chi connectivity index (χ2n) is 12.6. The molecule has 1 fully saturated rings. The van der Waals surface area contributed by atoms with E-state index in [1.54, 1.807) is 6.20 Å². The number of nitrogens with one attached hydrogen (secondary N) is 2. The van der Waals surface area contributed by atoms with E-state index in [2.05, 4.69) is 26.6 Å². The summed E-state index contributed by atoms with van der Waals surface area (Å²) in [5, 5.41) is 5.90. The number of fused-ring (bicyclic) bond motifs is 3. The summed E-state index contributed by atoms with van der Waals surface area (Å²) in [4.78, 5) is 47.8. The van der Waals surface area contributed by atoms with Gasteiger partial charge in [0.25, 0.3) is 0 Å². The number of nitrogens with zero attached hydrogens (tertiary/aromatic N) is 3. The molecule has 1 atom stereocenters. The van der Waals surface area contributed by atoms with Crippen LogP contribution in [0.3, 0.4) is 0 Å². The molecule has 0 bridgehead atoms. The molecule has 9 heteroatoms. The van der Waals surface area contributed by atoms with Crippen molar-refractivity contribution in [3.8, 4) is 0 Å². The van der Waals surface area contributed by atoms with Crippen LogP contribution < -0.4 is 10.6 Å². The number of anilines is 2. The second kappa shape index (κ2) is 10.9. The number of likely N-dealkylation sites (tertiary alicyclic amines) is 1. The number of benzene rings is 2. The third-order valence-corrected chi connectivity index (χ3v) is 8.27. The van der Waals surface area contributed by atoms with E-state index in [9.17, 15) is 14.4 Å². The van der Waals surface area contributed by atoms with Gasteiger partial charge >= 0.3 is 6.09 Å². The third-order valence-electron chi connectivity index (χ3n) is 8.27. The Bertz CT molecular complexity index is 1540. The molecule has 218 valence electrons. The molecule has 42 heavy (non-hydrogen) atoms. The number of amides is 3. The van der Waals surface area contributed by atoms with E-state index in [0.717, 1.165) is 47.5 Å².